The molecule has 1 aliphatic rings. The fourth-order valence-corrected chi connectivity index (χ4v) is 2.45. The molecule has 0 unspecified atom stereocenters. The van der Waals surface area contributed by atoms with Gasteiger partial charge in [0, 0.05) is 19.0 Å². The average Bonchev–Trinajstić information content (AvgIpc) is 3.26. The van der Waals surface area contributed by atoms with Gasteiger partial charge >= 0.3 is 0 Å². The summed E-state index contributed by atoms with van der Waals surface area (Å²) in [5, 5.41) is 10.4. The predicted octanol–water partition coefficient (Wildman–Crippen LogP) is 2.12. The number of carbonyl (C=O) groups is 1. The standard InChI is InChI=1S/C16H20N4O.ClH/c1-17-9-10-18-16(21)14-11-19-20(15(14)12-7-8-12)13-5-3-2-4-6-13;/h2-6,11-12,17H,7-10H2,1H3,(H,18,21);1H. The number of para-hydroxylation sites is 1. The van der Waals surface area contributed by atoms with Crippen LogP contribution in [0.15, 0.2) is 36.5 Å². The van der Waals surface area contributed by atoms with Crippen molar-refractivity contribution in [1.29, 1.82) is 0 Å². The quantitative estimate of drug-likeness (QED) is 0.802. The van der Waals surface area contributed by atoms with Crippen LogP contribution < -0.4 is 10.6 Å². The maximum atomic E-state index is 12.3. The van der Waals surface area contributed by atoms with E-state index < -0.39 is 0 Å². The molecule has 2 aromatic rings. The molecule has 1 fully saturated rings. The van der Waals surface area contributed by atoms with E-state index in [0.29, 0.717) is 18.0 Å². The van der Waals surface area contributed by atoms with Crippen molar-refractivity contribution in [3.8, 4) is 5.69 Å². The monoisotopic (exact) mass is 320 g/mol. The van der Waals surface area contributed by atoms with Crippen LogP contribution in [0.2, 0.25) is 0 Å². The van der Waals surface area contributed by atoms with E-state index in [-0.39, 0.29) is 18.3 Å². The maximum absolute atomic E-state index is 12.3. The second-order valence-corrected chi connectivity index (χ2v) is 5.32. The lowest BCUT2D eigenvalue weighted by atomic mass is 10.1. The molecule has 1 aliphatic carbocycles. The van der Waals surface area contributed by atoms with Crippen molar-refractivity contribution in [1.82, 2.24) is 20.4 Å². The van der Waals surface area contributed by atoms with Gasteiger partial charge in [-0.3, -0.25) is 4.79 Å². The van der Waals surface area contributed by atoms with E-state index in [0.717, 1.165) is 30.8 Å². The number of nitrogens with one attached hydrogen (secondary N) is 2. The summed E-state index contributed by atoms with van der Waals surface area (Å²) < 4.78 is 1.91. The molecular weight excluding hydrogens is 300 g/mol. The molecule has 1 amide bonds. The van der Waals surface area contributed by atoms with Gasteiger partial charge < -0.3 is 10.6 Å². The highest BCUT2D eigenvalue weighted by atomic mass is 35.5. The van der Waals surface area contributed by atoms with Gasteiger partial charge in [-0.15, -0.1) is 12.4 Å². The van der Waals surface area contributed by atoms with Crippen LogP contribution in [0, 0.1) is 0 Å². The molecule has 3 rings (SSSR count). The van der Waals surface area contributed by atoms with Gasteiger partial charge in [-0.2, -0.15) is 5.10 Å². The van der Waals surface area contributed by atoms with Crippen molar-refractivity contribution >= 4 is 18.3 Å². The molecule has 118 valence electrons. The number of hydrogen-bond acceptors (Lipinski definition) is 3. The third-order valence-electron chi connectivity index (χ3n) is 3.68. The number of halogens is 1. The van der Waals surface area contributed by atoms with E-state index in [1.54, 1.807) is 6.20 Å². The van der Waals surface area contributed by atoms with E-state index >= 15 is 0 Å². The topological polar surface area (TPSA) is 58.9 Å². The minimum absolute atomic E-state index is 0. The summed E-state index contributed by atoms with van der Waals surface area (Å²) in [7, 11) is 1.87. The lowest BCUT2D eigenvalue weighted by Gasteiger charge is -2.09. The van der Waals surface area contributed by atoms with Crippen molar-refractivity contribution in [3.05, 3.63) is 47.8 Å². The van der Waals surface area contributed by atoms with E-state index in [2.05, 4.69) is 15.7 Å². The molecular formula is C16H21ClN4O. The molecule has 5 nitrogen and oxygen atoms in total. The van der Waals surface area contributed by atoms with Crippen LogP contribution in [-0.2, 0) is 0 Å². The third-order valence-corrected chi connectivity index (χ3v) is 3.68. The van der Waals surface area contributed by atoms with Crippen molar-refractivity contribution in [2.75, 3.05) is 20.1 Å². The molecule has 6 heteroatoms. The Morgan fingerprint density at radius 1 is 1.27 bits per heavy atom. The van der Waals surface area contributed by atoms with Crippen LogP contribution >= 0.6 is 12.4 Å². The van der Waals surface area contributed by atoms with Crippen LogP contribution in [0.3, 0.4) is 0 Å². The lowest BCUT2D eigenvalue weighted by molar-refractivity contribution is 0.0953. The summed E-state index contributed by atoms with van der Waals surface area (Å²) in [5.41, 5.74) is 2.76. The highest BCUT2D eigenvalue weighted by Gasteiger charge is 2.32. The zero-order chi connectivity index (χ0) is 14.7. The number of rotatable bonds is 6. The van der Waals surface area contributed by atoms with Gasteiger partial charge in [0.15, 0.2) is 0 Å². The number of nitrogens with zero attached hydrogens (tertiary/aromatic N) is 2. The summed E-state index contributed by atoms with van der Waals surface area (Å²) in [6.45, 7) is 1.38. The highest BCUT2D eigenvalue weighted by Crippen LogP contribution is 2.42. The first-order valence-electron chi connectivity index (χ1n) is 7.37. The predicted molar refractivity (Wildman–Crippen MR) is 89.0 cm³/mol. The number of carbonyl (C=O) groups excluding carboxylic acids is 1. The molecule has 1 aromatic heterocycles. The van der Waals surface area contributed by atoms with Crippen molar-refractivity contribution in [3.63, 3.8) is 0 Å². The number of benzene rings is 1. The Labute approximate surface area is 136 Å². The summed E-state index contributed by atoms with van der Waals surface area (Å²) >= 11 is 0. The van der Waals surface area contributed by atoms with Crippen LogP contribution in [0.4, 0.5) is 0 Å². The molecule has 0 spiro atoms. The second kappa shape index (κ2) is 7.42. The Balaban J connectivity index is 0.00000176. The zero-order valence-corrected chi connectivity index (χ0v) is 13.4. The van der Waals surface area contributed by atoms with Gasteiger partial charge in [0.05, 0.1) is 23.1 Å². The summed E-state index contributed by atoms with van der Waals surface area (Å²) in [4.78, 5) is 12.3. The molecule has 0 atom stereocenters. The van der Waals surface area contributed by atoms with Gasteiger partial charge in [0.1, 0.15) is 0 Å². The van der Waals surface area contributed by atoms with E-state index in [9.17, 15) is 4.79 Å². The first-order chi connectivity index (χ1) is 10.3. The van der Waals surface area contributed by atoms with Gasteiger partial charge in [-0.25, -0.2) is 4.68 Å². The summed E-state index contributed by atoms with van der Waals surface area (Å²) in [6, 6.07) is 9.99. The third kappa shape index (κ3) is 3.48. The van der Waals surface area contributed by atoms with Crippen LogP contribution in [0.1, 0.15) is 34.8 Å². The zero-order valence-electron chi connectivity index (χ0n) is 12.6. The van der Waals surface area contributed by atoms with Crippen LogP contribution in [0.5, 0.6) is 0 Å². The minimum atomic E-state index is -0.0330. The van der Waals surface area contributed by atoms with Crippen LogP contribution in [-0.4, -0.2) is 35.8 Å². The van der Waals surface area contributed by atoms with Gasteiger partial charge in [-0.05, 0) is 32.0 Å². The van der Waals surface area contributed by atoms with Crippen LogP contribution in [0.25, 0.3) is 5.69 Å². The number of likely N-dealkylation sites (N-methyl/N-ethyl adjacent to an activating group) is 1. The molecule has 0 radical (unpaired) electrons. The Bertz CT molecular complexity index is 622. The summed E-state index contributed by atoms with van der Waals surface area (Å²) in [6.07, 6.45) is 3.96. The fraction of sp³-hybridized carbons (Fsp3) is 0.375. The van der Waals surface area contributed by atoms with Crippen molar-refractivity contribution in [2.45, 2.75) is 18.8 Å². The maximum Gasteiger partial charge on any atom is 0.254 e. The Morgan fingerprint density at radius 2 is 2.00 bits per heavy atom. The molecule has 0 saturated heterocycles. The molecule has 1 saturated carbocycles. The Morgan fingerprint density at radius 3 is 2.64 bits per heavy atom. The largest absolute Gasteiger partial charge is 0.351 e. The second-order valence-electron chi connectivity index (χ2n) is 5.32. The molecule has 0 bridgehead atoms. The average molecular weight is 321 g/mol. The normalized spacial score (nSPS) is 13.5. The summed E-state index contributed by atoms with van der Waals surface area (Å²) in [5.74, 6) is 0.423. The first kappa shape index (κ1) is 16.5. The smallest absolute Gasteiger partial charge is 0.254 e. The number of amides is 1. The number of aromatic nitrogens is 2. The molecule has 0 aliphatic heterocycles. The van der Waals surface area contributed by atoms with Gasteiger partial charge in [0.2, 0.25) is 0 Å². The SMILES string of the molecule is CNCCNC(=O)c1cnn(-c2ccccc2)c1C1CC1.Cl. The van der Waals surface area contributed by atoms with Crippen molar-refractivity contribution in [2.24, 2.45) is 0 Å². The Kier molecular flexibility index (Phi) is 5.57. The van der Waals surface area contributed by atoms with Crippen molar-refractivity contribution < 1.29 is 4.79 Å². The Hall–Kier alpha value is -1.85. The lowest BCUT2D eigenvalue weighted by Crippen LogP contribution is -2.30. The molecule has 22 heavy (non-hydrogen) atoms. The van der Waals surface area contributed by atoms with Gasteiger partial charge in [-0.1, -0.05) is 18.2 Å². The molecule has 2 N–H and O–H groups in total. The first-order valence-corrected chi connectivity index (χ1v) is 7.37. The molecule has 1 heterocycles. The minimum Gasteiger partial charge on any atom is -0.351 e. The molecule has 1 aromatic carbocycles. The number of hydrogen-bond donors (Lipinski definition) is 2. The van der Waals surface area contributed by atoms with E-state index in [1.807, 2.05) is 42.1 Å². The highest BCUT2D eigenvalue weighted by molar-refractivity contribution is 5.95. The van der Waals surface area contributed by atoms with E-state index in [1.165, 1.54) is 0 Å². The van der Waals surface area contributed by atoms with Gasteiger partial charge in [0.25, 0.3) is 5.91 Å². The van der Waals surface area contributed by atoms with E-state index in [4.69, 9.17) is 0 Å². The fourth-order valence-electron chi connectivity index (χ4n) is 2.45.